The van der Waals surface area contributed by atoms with Gasteiger partial charge in [0, 0.05) is 19.1 Å². The van der Waals surface area contributed by atoms with Gasteiger partial charge >= 0.3 is 0 Å². The zero-order chi connectivity index (χ0) is 20.1. The van der Waals surface area contributed by atoms with Crippen LogP contribution in [0.4, 0.5) is 11.4 Å². The van der Waals surface area contributed by atoms with E-state index in [2.05, 4.69) is 27.0 Å². The van der Waals surface area contributed by atoms with Gasteiger partial charge < -0.3 is 20.6 Å². The Hall–Kier alpha value is -2.64. The normalized spacial score (nSPS) is 12.4. The number of aromatic hydroxyl groups is 1. The first kappa shape index (κ1) is 20.1. The topological polar surface area (TPSA) is 81.7 Å². The Kier molecular flexibility index (Phi) is 6.49. The molecule has 1 heterocycles. The average molecular weight is 400 g/mol. The van der Waals surface area contributed by atoms with Gasteiger partial charge in [-0.3, -0.25) is 9.59 Å². The molecule has 148 valence electrons. The molecular formula is C21H25N3O3S. The van der Waals surface area contributed by atoms with E-state index in [-0.39, 0.29) is 11.8 Å². The molecule has 28 heavy (non-hydrogen) atoms. The first-order chi connectivity index (χ1) is 13.5. The van der Waals surface area contributed by atoms with Crippen LogP contribution in [0.3, 0.4) is 0 Å². The van der Waals surface area contributed by atoms with E-state index in [0.717, 1.165) is 18.4 Å². The summed E-state index contributed by atoms with van der Waals surface area (Å²) in [6.45, 7) is 1.15. The molecule has 0 saturated heterocycles. The van der Waals surface area contributed by atoms with Crippen LogP contribution in [0.15, 0.2) is 50.7 Å². The predicted octanol–water partition coefficient (Wildman–Crippen LogP) is 2.29. The summed E-state index contributed by atoms with van der Waals surface area (Å²) in [6, 6.07) is 9.30. The lowest BCUT2D eigenvalue weighted by molar-refractivity contribution is 0.303. The summed E-state index contributed by atoms with van der Waals surface area (Å²) in [7, 11) is 3.96. The number of anilines is 2. The lowest BCUT2D eigenvalue weighted by Gasteiger charge is -2.26. The Morgan fingerprint density at radius 1 is 1.00 bits per heavy atom. The Morgan fingerprint density at radius 2 is 1.68 bits per heavy atom. The van der Waals surface area contributed by atoms with Crippen molar-refractivity contribution in [2.45, 2.75) is 18.9 Å². The Morgan fingerprint density at radius 3 is 2.29 bits per heavy atom. The van der Waals surface area contributed by atoms with E-state index >= 15 is 0 Å². The van der Waals surface area contributed by atoms with Crippen molar-refractivity contribution < 1.29 is 5.11 Å². The molecular weight excluding hydrogens is 374 g/mol. The van der Waals surface area contributed by atoms with Crippen LogP contribution in [0, 0.1) is 0 Å². The molecule has 6 nitrogen and oxygen atoms in total. The summed E-state index contributed by atoms with van der Waals surface area (Å²) in [5.74, 6) is 0.241. The van der Waals surface area contributed by atoms with Gasteiger partial charge in [0.15, 0.2) is 0 Å². The molecule has 0 aliphatic heterocycles. The number of benzene rings is 1. The molecule has 1 atom stereocenters. The van der Waals surface area contributed by atoms with E-state index in [9.17, 15) is 14.7 Å². The highest BCUT2D eigenvalue weighted by atomic mass is 32.1. The maximum atomic E-state index is 12.0. The van der Waals surface area contributed by atoms with E-state index in [1.54, 1.807) is 23.5 Å². The van der Waals surface area contributed by atoms with Gasteiger partial charge in [0.1, 0.15) is 17.1 Å². The van der Waals surface area contributed by atoms with Crippen molar-refractivity contribution in [3.05, 3.63) is 72.7 Å². The minimum absolute atomic E-state index is 0.132. The smallest absolute Gasteiger partial charge is 0.253 e. The van der Waals surface area contributed by atoms with Crippen molar-refractivity contribution in [1.82, 2.24) is 4.90 Å². The monoisotopic (exact) mass is 399 g/mol. The molecule has 7 heteroatoms. The summed E-state index contributed by atoms with van der Waals surface area (Å²) in [4.78, 5) is 26.0. The summed E-state index contributed by atoms with van der Waals surface area (Å²) in [5.41, 5.74) is 2.17. The van der Waals surface area contributed by atoms with E-state index < -0.39 is 10.9 Å². The summed E-state index contributed by atoms with van der Waals surface area (Å²) in [6.07, 6.45) is 1.57. The third-order valence-corrected chi connectivity index (χ3v) is 5.59. The van der Waals surface area contributed by atoms with Crippen LogP contribution in [0.2, 0.25) is 0 Å². The van der Waals surface area contributed by atoms with Gasteiger partial charge in [-0.25, -0.2) is 0 Å². The number of hydrogen-bond donors (Lipinski definition) is 3. The van der Waals surface area contributed by atoms with Crippen LogP contribution >= 0.6 is 11.3 Å². The Labute approximate surface area is 168 Å². The number of thiophene rings is 1. The highest BCUT2D eigenvalue weighted by molar-refractivity contribution is 7.07. The second kappa shape index (κ2) is 9.03. The Bertz CT molecular complexity index is 958. The first-order valence-electron chi connectivity index (χ1n) is 9.22. The maximum Gasteiger partial charge on any atom is 0.253 e. The van der Waals surface area contributed by atoms with Crippen molar-refractivity contribution in [2.24, 2.45) is 0 Å². The fourth-order valence-electron chi connectivity index (χ4n) is 3.06. The standard InChI is InChI=1S/C21H25N3O3S/c1-24(2)16(11-14-3-5-17(25)6-4-14)12-23-19-18(20(26)21(19)27)22-9-7-15-8-10-28-13-15/h3-6,8,10,13,16,22-23,25H,7,9,11-12H2,1-2H3/t16-/m0/s1. The number of nitrogens with one attached hydrogen (secondary N) is 2. The molecule has 3 N–H and O–H groups in total. The van der Waals surface area contributed by atoms with Crippen molar-refractivity contribution >= 4 is 22.7 Å². The number of likely N-dealkylation sites (N-methyl/N-ethyl adjacent to an activating group) is 1. The molecule has 0 unspecified atom stereocenters. The van der Waals surface area contributed by atoms with Gasteiger partial charge in [-0.1, -0.05) is 12.1 Å². The van der Waals surface area contributed by atoms with Gasteiger partial charge in [-0.05, 0) is 67.0 Å². The minimum Gasteiger partial charge on any atom is -0.508 e. The SMILES string of the molecule is CN(C)[C@H](CNc1c(NCCc2ccsc2)c(=O)c1=O)Cc1ccc(O)cc1. The molecule has 0 spiro atoms. The fourth-order valence-corrected chi connectivity index (χ4v) is 3.76. The highest BCUT2D eigenvalue weighted by Gasteiger charge is 2.22. The van der Waals surface area contributed by atoms with Crippen molar-refractivity contribution in [3.63, 3.8) is 0 Å². The van der Waals surface area contributed by atoms with Crippen LogP contribution in [-0.2, 0) is 12.8 Å². The minimum atomic E-state index is -0.458. The average Bonchev–Trinajstić information content (AvgIpc) is 3.20. The molecule has 2 aromatic carbocycles. The summed E-state index contributed by atoms with van der Waals surface area (Å²) >= 11 is 1.64. The number of nitrogens with zero attached hydrogens (tertiary/aromatic N) is 1. The summed E-state index contributed by atoms with van der Waals surface area (Å²) in [5, 5.41) is 19.8. The quantitative estimate of drug-likeness (QED) is 0.454. The molecule has 0 bridgehead atoms. The van der Waals surface area contributed by atoms with Gasteiger partial charge in [-0.15, -0.1) is 0 Å². The predicted molar refractivity (Wildman–Crippen MR) is 116 cm³/mol. The van der Waals surface area contributed by atoms with Crippen LogP contribution in [-0.4, -0.2) is 43.2 Å². The van der Waals surface area contributed by atoms with Gasteiger partial charge in [-0.2, -0.15) is 11.3 Å². The largest absolute Gasteiger partial charge is 0.508 e. The Balaban J connectivity index is 1.59. The van der Waals surface area contributed by atoms with Crippen LogP contribution in [0.25, 0.3) is 0 Å². The lowest BCUT2D eigenvalue weighted by atomic mass is 10.0. The molecule has 0 aliphatic rings. The third kappa shape index (κ3) is 4.79. The van der Waals surface area contributed by atoms with E-state index in [4.69, 9.17) is 0 Å². The number of hydrogen-bond acceptors (Lipinski definition) is 7. The van der Waals surface area contributed by atoms with E-state index in [1.807, 2.05) is 31.6 Å². The molecule has 0 radical (unpaired) electrons. The first-order valence-corrected chi connectivity index (χ1v) is 10.2. The molecule has 3 rings (SSSR count). The molecule has 0 amide bonds. The number of rotatable bonds is 10. The fraction of sp³-hybridized carbons (Fsp3) is 0.333. The van der Waals surface area contributed by atoms with Crippen molar-refractivity contribution in [3.8, 4) is 5.75 Å². The molecule has 3 aromatic rings. The second-order valence-corrected chi connectivity index (χ2v) is 7.87. The number of phenolic OH excluding ortho intramolecular Hbond substituents is 1. The van der Waals surface area contributed by atoms with Crippen LogP contribution in [0.1, 0.15) is 11.1 Å². The molecule has 1 aromatic heterocycles. The molecule has 0 saturated carbocycles. The van der Waals surface area contributed by atoms with Gasteiger partial charge in [0.05, 0.1) is 0 Å². The molecule has 0 aliphatic carbocycles. The van der Waals surface area contributed by atoms with Gasteiger partial charge in [0.25, 0.3) is 10.9 Å². The molecule has 0 fully saturated rings. The van der Waals surface area contributed by atoms with Crippen molar-refractivity contribution in [2.75, 3.05) is 37.8 Å². The second-order valence-electron chi connectivity index (χ2n) is 7.09. The third-order valence-electron chi connectivity index (χ3n) is 4.86. The van der Waals surface area contributed by atoms with E-state index in [0.29, 0.717) is 24.5 Å². The number of phenols is 1. The zero-order valence-electron chi connectivity index (χ0n) is 16.1. The maximum absolute atomic E-state index is 12.0. The summed E-state index contributed by atoms with van der Waals surface area (Å²) < 4.78 is 0. The van der Waals surface area contributed by atoms with Crippen molar-refractivity contribution in [1.29, 1.82) is 0 Å². The van der Waals surface area contributed by atoms with Crippen LogP contribution in [0.5, 0.6) is 5.75 Å². The van der Waals surface area contributed by atoms with Crippen LogP contribution < -0.4 is 21.5 Å². The lowest BCUT2D eigenvalue weighted by Crippen LogP contribution is -2.42. The van der Waals surface area contributed by atoms with E-state index in [1.165, 1.54) is 5.56 Å². The van der Waals surface area contributed by atoms with Gasteiger partial charge in [0.2, 0.25) is 0 Å². The zero-order valence-corrected chi connectivity index (χ0v) is 16.9. The highest BCUT2D eigenvalue weighted by Crippen LogP contribution is 2.17.